The minimum atomic E-state index is -0.444. The van der Waals surface area contributed by atoms with E-state index in [1.54, 1.807) is 40.9 Å². The summed E-state index contributed by atoms with van der Waals surface area (Å²) in [6.45, 7) is 6.59. The predicted octanol–water partition coefficient (Wildman–Crippen LogP) is 1.98. The van der Waals surface area contributed by atoms with E-state index in [1.165, 1.54) is 9.13 Å². The van der Waals surface area contributed by atoms with Crippen molar-refractivity contribution >= 4 is 34.4 Å². The molecule has 2 aromatic heterocycles. The van der Waals surface area contributed by atoms with E-state index in [9.17, 15) is 9.59 Å². The van der Waals surface area contributed by atoms with Gasteiger partial charge in [0.1, 0.15) is 0 Å². The SMILES string of the molecule is C=CCN1N=C(C)Cn2c1nc1c2c(=O)n(Cc2ccccc2Cl)c(=O)n1C. The number of imidazole rings is 1. The smallest absolute Gasteiger partial charge is 0.297 e. The average Bonchev–Trinajstić information content (AvgIpc) is 3.05. The number of hydrogen-bond acceptors (Lipinski definition) is 5. The van der Waals surface area contributed by atoms with Crippen LogP contribution in [-0.4, -0.2) is 30.9 Å². The van der Waals surface area contributed by atoms with Crippen molar-refractivity contribution in [1.29, 1.82) is 0 Å². The van der Waals surface area contributed by atoms with Crippen LogP contribution in [0.15, 0.2) is 51.6 Å². The lowest BCUT2D eigenvalue weighted by atomic mass is 10.2. The Bertz CT molecular complexity index is 1250. The molecule has 144 valence electrons. The van der Waals surface area contributed by atoms with Crippen LogP contribution in [0, 0.1) is 0 Å². The van der Waals surface area contributed by atoms with Crippen LogP contribution in [0.3, 0.4) is 0 Å². The highest BCUT2D eigenvalue weighted by Gasteiger charge is 2.26. The summed E-state index contributed by atoms with van der Waals surface area (Å²) in [4.78, 5) is 30.7. The van der Waals surface area contributed by atoms with E-state index in [2.05, 4.69) is 16.7 Å². The molecule has 4 rings (SSSR count). The third kappa shape index (κ3) is 2.77. The molecule has 0 fully saturated rings. The van der Waals surface area contributed by atoms with E-state index in [0.29, 0.717) is 40.8 Å². The Balaban J connectivity index is 1.97. The van der Waals surface area contributed by atoms with Crippen LogP contribution in [0.4, 0.5) is 5.95 Å². The minimum Gasteiger partial charge on any atom is -0.297 e. The van der Waals surface area contributed by atoms with E-state index in [1.807, 2.05) is 13.0 Å². The van der Waals surface area contributed by atoms with Crippen molar-refractivity contribution in [2.45, 2.75) is 20.0 Å². The highest BCUT2D eigenvalue weighted by atomic mass is 35.5. The summed E-state index contributed by atoms with van der Waals surface area (Å²) in [7, 11) is 1.61. The molecular weight excluding hydrogens is 380 g/mol. The van der Waals surface area contributed by atoms with Crippen molar-refractivity contribution in [2.24, 2.45) is 12.1 Å². The van der Waals surface area contributed by atoms with Gasteiger partial charge in [-0.15, -0.1) is 6.58 Å². The zero-order valence-corrected chi connectivity index (χ0v) is 16.3. The highest BCUT2D eigenvalue weighted by molar-refractivity contribution is 6.31. The average molecular weight is 399 g/mol. The molecule has 0 saturated carbocycles. The lowest BCUT2D eigenvalue weighted by Gasteiger charge is -2.23. The van der Waals surface area contributed by atoms with Gasteiger partial charge in [-0.05, 0) is 18.6 Å². The van der Waals surface area contributed by atoms with Crippen molar-refractivity contribution < 1.29 is 0 Å². The fourth-order valence-corrected chi connectivity index (χ4v) is 3.59. The van der Waals surface area contributed by atoms with Gasteiger partial charge in [0.15, 0.2) is 11.2 Å². The van der Waals surface area contributed by atoms with Crippen LogP contribution in [0.2, 0.25) is 5.02 Å². The van der Waals surface area contributed by atoms with E-state index in [-0.39, 0.29) is 6.54 Å². The van der Waals surface area contributed by atoms with Crippen molar-refractivity contribution in [3.63, 3.8) is 0 Å². The Kier molecular flexibility index (Phi) is 4.43. The zero-order chi connectivity index (χ0) is 20.0. The molecule has 0 aliphatic carbocycles. The summed E-state index contributed by atoms with van der Waals surface area (Å²) in [5.74, 6) is 0.517. The van der Waals surface area contributed by atoms with Gasteiger partial charge >= 0.3 is 5.69 Å². The van der Waals surface area contributed by atoms with E-state index in [0.717, 1.165) is 5.71 Å². The van der Waals surface area contributed by atoms with E-state index in [4.69, 9.17) is 11.6 Å². The molecule has 0 N–H and O–H groups in total. The molecule has 0 amide bonds. The van der Waals surface area contributed by atoms with Gasteiger partial charge in [0.05, 0.1) is 25.3 Å². The second-order valence-electron chi connectivity index (χ2n) is 6.70. The fraction of sp³-hybridized carbons (Fsp3) is 0.263. The van der Waals surface area contributed by atoms with Gasteiger partial charge in [-0.1, -0.05) is 35.9 Å². The molecule has 0 saturated heterocycles. The Morgan fingerprint density at radius 3 is 2.75 bits per heavy atom. The standard InChI is InChI=1S/C19H19ClN6O2/c1-4-9-26-18-21-16-15(24(18)10-12(2)22-26)17(27)25(19(28)23(16)3)11-13-7-5-6-8-14(13)20/h4-8H,1,9-11H2,2-3H3. The summed E-state index contributed by atoms with van der Waals surface area (Å²) in [5.41, 5.74) is 1.39. The van der Waals surface area contributed by atoms with E-state index < -0.39 is 11.2 Å². The first-order valence-electron chi connectivity index (χ1n) is 8.78. The van der Waals surface area contributed by atoms with Crippen molar-refractivity contribution in [3.05, 3.63) is 68.3 Å². The quantitative estimate of drug-likeness (QED) is 0.629. The number of aryl methyl sites for hydroxylation is 1. The van der Waals surface area contributed by atoms with E-state index >= 15 is 0 Å². The van der Waals surface area contributed by atoms with Gasteiger partial charge in [-0.2, -0.15) is 10.1 Å². The van der Waals surface area contributed by atoms with Crippen molar-refractivity contribution in [3.8, 4) is 0 Å². The number of hydrazone groups is 1. The maximum Gasteiger partial charge on any atom is 0.332 e. The Labute approximate surface area is 165 Å². The van der Waals surface area contributed by atoms with Gasteiger partial charge in [-0.25, -0.2) is 9.80 Å². The molecule has 3 aromatic rings. The Hall–Kier alpha value is -3.13. The van der Waals surface area contributed by atoms with Crippen LogP contribution in [0.5, 0.6) is 0 Å². The zero-order valence-electron chi connectivity index (χ0n) is 15.6. The van der Waals surface area contributed by atoms with Crippen LogP contribution in [0.1, 0.15) is 12.5 Å². The maximum absolute atomic E-state index is 13.3. The molecule has 1 aliphatic heterocycles. The highest BCUT2D eigenvalue weighted by Crippen LogP contribution is 2.23. The third-order valence-corrected chi connectivity index (χ3v) is 5.08. The van der Waals surface area contributed by atoms with Gasteiger partial charge in [0.2, 0.25) is 5.95 Å². The van der Waals surface area contributed by atoms with Crippen LogP contribution in [0.25, 0.3) is 11.2 Å². The molecule has 0 radical (unpaired) electrons. The first-order chi connectivity index (χ1) is 13.4. The fourth-order valence-electron chi connectivity index (χ4n) is 3.40. The largest absolute Gasteiger partial charge is 0.332 e. The molecule has 0 unspecified atom stereocenters. The second-order valence-corrected chi connectivity index (χ2v) is 7.11. The molecule has 0 spiro atoms. The Morgan fingerprint density at radius 2 is 2.04 bits per heavy atom. The number of nitrogens with zero attached hydrogens (tertiary/aromatic N) is 6. The number of rotatable bonds is 4. The van der Waals surface area contributed by atoms with Crippen molar-refractivity contribution in [1.82, 2.24) is 18.7 Å². The van der Waals surface area contributed by atoms with Gasteiger partial charge in [-0.3, -0.25) is 18.5 Å². The molecule has 3 heterocycles. The first kappa shape index (κ1) is 18.2. The molecule has 8 nitrogen and oxygen atoms in total. The number of fused-ring (bicyclic) bond motifs is 3. The second kappa shape index (κ2) is 6.79. The van der Waals surface area contributed by atoms with Crippen LogP contribution >= 0.6 is 11.6 Å². The predicted molar refractivity (Wildman–Crippen MR) is 110 cm³/mol. The summed E-state index contributed by atoms with van der Waals surface area (Å²) < 4.78 is 4.38. The topological polar surface area (TPSA) is 77.4 Å². The molecule has 9 heteroatoms. The van der Waals surface area contributed by atoms with Gasteiger partial charge in [0, 0.05) is 12.1 Å². The molecule has 28 heavy (non-hydrogen) atoms. The number of aromatic nitrogens is 4. The number of halogens is 1. The summed E-state index contributed by atoms with van der Waals surface area (Å²) >= 11 is 6.23. The Morgan fingerprint density at radius 1 is 1.29 bits per heavy atom. The van der Waals surface area contributed by atoms with Crippen LogP contribution in [-0.2, 0) is 20.1 Å². The number of benzene rings is 1. The molecular formula is C19H19ClN6O2. The summed E-state index contributed by atoms with van der Waals surface area (Å²) in [6.07, 6.45) is 1.71. The van der Waals surface area contributed by atoms with Crippen molar-refractivity contribution in [2.75, 3.05) is 11.6 Å². The van der Waals surface area contributed by atoms with Crippen LogP contribution < -0.4 is 16.3 Å². The third-order valence-electron chi connectivity index (χ3n) is 4.71. The maximum atomic E-state index is 13.3. The normalized spacial score (nSPS) is 13.5. The van der Waals surface area contributed by atoms with Gasteiger partial charge in [0.25, 0.3) is 5.56 Å². The molecule has 1 aromatic carbocycles. The lowest BCUT2D eigenvalue weighted by molar-refractivity contribution is 0.653. The summed E-state index contributed by atoms with van der Waals surface area (Å²) in [5, 5.41) is 6.66. The number of hydrogen-bond donors (Lipinski definition) is 0. The number of anilines is 1. The monoisotopic (exact) mass is 398 g/mol. The molecule has 0 bridgehead atoms. The molecule has 1 aliphatic rings. The lowest BCUT2D eigenvalue weighted by Crippen LogP contribution is -2.40. The minimum absolute atomic E-state index is 0.0884. The first-order valence-corrected chi connectivity index (χ1v) is 9.16. The van der Waals surface area contributed by atoms with Gasteiger partial charge < -0.3 is 0 Å². The molecule has 0 atom stereocenters. The summed E-state index contributed by atoms with van der Waals surface area (Å²) in [6, 6.07) is 7.16.